The molecule has 0 unspecified atom stereocenters. The largest absolute Gasteiger partial charge is 0.398 e. The summed E-state index contributed by atoms with van der Waals surface area (Å²) in [6.45, 7) is 2.77. The predicted molar refractivity (Wildman–Crippen MR) is 78.8 cm³/mol. The standard InChI is InChI=1S/C16H22F2N2O/c1-2-10-3-5-11(6-4-10)9-20-16(21)12-7-13(17)14(18)8-15(12)19/h7-8,10-11H,2-6,9,19H2,1H3,(H,20,21). The summed E-state index contributed by atoms with van der Waals surface area (Å²) < 4.78 is 26.2. The smallest absolute Gasteiger partial charge is 0.253 e. The Kier molecular flexibility index (Phi) is 5.15. The van der Waals surface area contributed by atoms with E-state index in [9.17, 15) is 13.6 Å². The van der Waals surface area contributed by atoms with E-state index in [1.54, 1.807) is 0 Å². The average molecular weight is 296 g/mol. The van der Waals surface area contributed by atoms with Crippen molar-refractivity contribution in [3.63, 3.8) is 0 Å². The quantitative estimate of drug-likeness (QED) is 0.836. The lowest BCUT2D eigenvalue weighted by Crippen LogP contribution is -2.31. The maximum absolute atomic E-state index is 13.2. The number of rotatable bonds is 4. The fourth-order valence-electron chi connectivity index (χ4n) is 2.93. The van der Waals surface area contributed by atoms with E-state index in [1.165, 1.54) is 19.3 Å². The van der Waals surface area contributed by atoms with Gasteiger partial charge in [-0.05, 0) is 30.7 Å². The van der Waals surface area contributed by atoms with Crippen LogP contribution in [0.2, 0.25) is 0 Å². The van der Waals surface area contributed by atoms with Crippen LogP contribution in [0, 0.1) is 23.5 Å². The van der Waals surface area contributed by atoms with Gasteiger partial charge in [-0.2, -0.15) is 0 Å². The molecule has 116 valence electrons. The molecular formula is C16H22F2N2O. The Bertz CT molecular complexity index is 511. The molecule has 5 heteroatoms. The molecule has 2 rings (SSSR count). The maximum atomic E-state index is 13.2. The van der Waals surface area contributed by atoms with Crippen LogP contribution in [-0.4, -0.2) is 12.5 Å². The Morgan fingerprint density at radius 3 is 2.38 bits per heavy atom. The molecule has 1 aliphatic rings. The lowest BCUT2D eigenvalue weighted by Gasteiger charge is -2.27. The molecule has 0 aliphatic heterocycles. The topological polar surface area (TPSA) is 55.1 Å². The van der Waals surface area contributed by atoms with Crippen molar-refractivity contribution >= 4 is 11.6 Å². The summed E-state index contributed by atoms with van der Waals surface area (Å²) in [5.74, 6) is -1.27. The van der Waals surface area contributed by atoms with Gasteiger partial charge >= 0.3 is 0 Å². The van der Waals surface area contributed by atoms with Gasteiger partial charge in [0.15, 0.2) is 11.6 Å². The van der Waals surface area contributed by atoms with Crippen LogP contribution in [-0.2, 0) is 0 Å². The number of nitrogens with two attached hydrogens (primary N) is 1. The summed E-state index contributed by atoms with van der Waals surface area (Å²) in [6.07, 6.45) is 5.82. The van der Waals surface area contributed by atoms with Crippen LogP contribution in [0.4, 0.5) is 14.5 Å². The van der Waals surface area contributed by atoms with Crippen LogP contribution in [0.1, 0.15) is 49.4 Å². The molecule has 0 radical (unpaired) electrons. The lowest BCUT2D eigenvalue weighted by atomic mass is 9.81. The third-order valence-electron chi connectivity index (χ3n) is 4.43. The number of nitrogen functional groups attached to an aromatic ring is 1. The van der Waals surface area contributed by atoms with Gasteiger partial charge in [-0.1, -0.05) is 26.2 Å². The minimum absolute atomic E-state index is 0.00357. The van der Waals surface area contributed by atoms with Gasteiger partial charge in [0.05, 0.1) is 5.56 Å². The van der Waals surface area contributed by atoms with Crippen molar-refractivity contribution in [1.29, 1.82) is 0 Å². The fraction of sp³-hybridized carbons (Fsp3) is 0.562. The van der Waals surface area contributed by atoms with Crippen LogP contribution in [0.15, 0.2) is 12.1 Å². The molecule has 1 aliphatic carbocycles. The molecule has 21 heavy (non-hydrogen) atoms. The Labute approximate surface area is 123 Å². The molecule has 0 heterocycles. The number of nitrogens with one attached hydrogen (secondary N) is 1. The first-order valence-corrected chi connectivity index (χ1v) is 7.54. The number of benzene rings is 1. The van der Waals surface area contributed by atoms with Crippen LogP contribution in [0.3, 0.4) is 0 Å². The summed E-state index contributed by atoms with van der Waals surface area (Å²) in [5.41, 5.74) is 5.52. The van der Waals surface area contributed by atoms with Crippen molar-refractivity contribution in [2.45, 2.75) is 39.0 Å². The van der Waals surface area contributed by atoms with Crippen molar-refractivity contribution in [3.05, 3.63) is 29.3 Å². The molecule has 1 aromatic rings. The average Bonchev–Trinajstić information content (AvgIpc) is 2.49. The third-order valence-corrected chi connectivity index (χ3v) is 4.43. The number of hydrogen-bond donors (Lipinski definition) is 2. The number of hydrogen-bond acceptors (Lipinski definition) is 2. The van der Waals surface area contributed by atoms with Crippen LogP contribution >= 0.6 is 0 Å². The van der Waals surface area contributed by atoms with Gasteiger partial charge in [0.1, 0.15) is 0 Å². The van der Waals surface area contributed by atoms with E-state index >= 15 is 0 Å². The zero-order valence-corrected chi connectivity index (χ0v) is 12.3. The van der Waals surface area contributed by atoms with Crippen molar-refractivity contribution in [3.8, 4) is 0 Å². The Balaban J connectivity index is 1.89. The molecule has 3 N–H and O–H groups in total. The molecule has 3 nitrogen and oxygen atoms in total. The number of halogens is 2. The second kappa shape index (κ2) is 6.87. The summed E-state index contributed by atoms with van der Waals surface area (Å²) in [4.78, 5) is 12.0. The van der Waals surface area contributed by atoms with Crippen LogP contribution in [0.25, 0.3) is 0 Å². The van der Waals surface area contributed by atoms with E-state index in [-0.39, 0.29) is 11.3 Å². The molecule has 1 amide bonds. The first-order chi connectivity index (χ1) is 10.0. The number of carbonyl (C=O) groups is 1. The van der Waals surface area contributed by atoms with Gasteiger partial charge < -0.3 is 11.1 Å². The van der Waals surface area contributed by atoms with E-state index in [1.807, 2.05) is 0 Å². The van der Waals surface area contributed by atoms with Crippen molar-refractivity contribution in [1.82, 2.24) is 5.32 Å². The monoisotopic (exact) mass is 296 g/mol. The highest BCUT2D eigenvalue weighted by Gasteiger charge is 2.21. The van der Waals surface area contributed by atoms with Crippen LogP contribution < -0.4 is 11.1 Å². The summed E-state index contributed by atoms with van der Waals surface area (Å²) in [5, 5.41) is 2.78. The SMILES string of the molecule is CCC1CCC(CNC(=O)c2cc(F)c(F)cc2N)CC1. The Morgan fingerprint density at radius 1 is 1.19 bits per heavy atom. The summed E-state index contributed by atoms with van der Waals surface area (Å²) >= 11 is 0. The molecule has 0 saturated heterocycles. The maximum Gasteiger partial charge on any atom is 0.253 e. The second-order valence-electron chi connectivity index (χ2n) is 5.86. The predicted octanol–water partition coefficient (Wildman–Crippen LogP) is 3.49. The molecule has 0 aromatic heterocycles. The van der Waals surface area contributed by atoms with Crippen molar-refractivity contribution < 1.29 is 13.6 Å². The second-order valence-corrected chi connectivity index (χ2v) is 5.86. The zero-order chi connectivity index (χ0) is 15.4. The Morgan fingerprint density at radius 2 is 1.76 bits per heavy atom. The van der Waals surface area contributed by atoms with E-state index < -0.39 is 17.5 Å². The number of carbonyl (C=O) groups excluding carboxylic acids is 1. The highest BCUT2D eigenvalue weighted by molar-refractivity contribution is 5.99. The van der Waals surface area contributed by atoms with Crippen molar-refractivity contribution in [2.24, 2.45) is 11.8 Å². The molecule has 1 aromatic carbocycles. The molecule has 0 bridgehead atoms. The van der Waals surface area contributed by atoms with E-state index in [4.69, 9.17) is 5.73 Å². The highest BCUT2D eigenvalue weighted by atomic mass is 19.2. The van der Waals surface area contributed by atoms with Gasteiger partial charge in [0.2, 0.25) is 0 Å². The van der Waals surface area contributed by atoms with Crippen molar-refractivity contribution in [2.75, 3.05) is 12.3 Å². The zero-order valence-electron chi connectivity index (χ0n) is 12.3. The lowest BCUT2D eigenvalue weighted by molar-refractivity contribution is 0.0941. The Hall–Kier alpha value is -1.65. The van der Waals surface area contributed by atoms with Crippen LogP contribution in [0.5, 0.6) is 0 Å². The summed E-state index contributed by atoms with van der Waals surface area (Å²) in [6, 6.07) is 1.70. The van der Waals surface area contributed by atoms with E-state index in [0.717, 1.165) is 30.9 Å². The minimum atomic E-state index is -1.06. The molecular weight excluding hydrogens is 274 g/mol. The molecule has 1 fully saturated rings. The molecule has 0 spiro atoms. The summed E-state index contributed by atoms with van der Waals surface area (Å²) in [7, 11) is 0. The number of anilines is 1. The van der Waals surface area contributed by atoms with Gasteiger partial charge in [0, 0.05) is 18.3 Å². The first-order valence-electron chi connectivity index (χ1n) is 7.54. The van der Waals surface area contributed by atoms with Gasteiger partial charge in [-0.3, -0.25) is 4.79 Å². The number of amides is 1. The third kappa shape index (κ3) is 3.93. The molecule has 1 saturated carbocycles. The fourth-order valence-corrected chi connectivity index (χ4v) is 2.93. The van der Waals surface area contributed by atoms with E-state index in [2.05, 4.69) is 12.2 Å². The first kappa shape index (κ1) is 15.7. The van der Waals surface area contributed by atoms with Gasteiger partial charge in [0.25, 0.3) is 5.91 Å². The minimum Gasteiger partial charge on any atom is -0.398 e. The van der Waals surface area contributed by atoms with E-state index in [0.29, 0.717) is 12.5 Å². The van der Waals surface area contributed by atoms with Gasteiger partial charge in [-0.15, -0.1) is 0 Å². The molecule has 0 atom stereocenters. The highest BCUT2D eigenvalue weighted by Crippen LogP contribution is 2.30. The van der Waals surface area contributed by atoms with Gasteiger partial charge in [-0.25, -0.2) is 8.78 Å². The normalized spacial score (nSPS) is 22.0.